The summed E-state index contributed by atoms with van der Waals surface area (Å²) in [5, 5.41) is 1.05. The third kappa shape index (κ3) is 2.38. The SMILES string of the molecule is CCOC(=O)CCn1c2ccccc2c2nc3ccccc3nc21. The minimum Gasteiger partial charge on any atom is -0.466 e. The Morgan fingerprint density at radius 3 is 2.54 bits per heavy atom. The number of benzene rings is 2. The molecule has 24 heavy (non-hydrogen) atoms. The summed E-state index contributed by atoms with van der Waals surface area (Å²) in [4.78, 5) is 21.3. The molecule has 0 bridgehead atoms. The molecule has 0 aliphatic heterocycles. The lowest BCUT2D eigenvalue weighted by Crippen LogP contribution is -2.09. The van der Waals surface area contributed by atoms with Gasteiger partial charge in [-0.3, -0.25) is 4.79 Å². The van der Waals surface area contributed by atoms with Crippen molar-refractivity contribution in [1.82, 2.24) is 14.5 Å². The number of carbonyl (C=O) groups excluding carboxylic acids is 1. The van der Waals surface area contributed by atoms with E-state index in [1.165, 1.54) is 0 Å². The first-order valence-electron chi connectivity index (χ1n) is 8.07. The van der Waals surface area contributed by atoms with Gasteiger partial charge in [0.2, 0.25) is 0 Å². The van der Waals surface area contributed by atoms with E-state index in [1.807, 2.05) is 55.5 Å². The van der Waals surface area contributed by atoms with Crippen molar-refractivity contribution in [3.05, 3.63) is 48.5 Å². The van der Waals surface area contributed by atoms with Crippen LogP contribution in [0.25, 0.3) is 33.1 Å². The molecule has 0 fully saturated rings. The summed E-state index contributed by atoms with van der Waals surface area (Å²) < 4.78 is 7.10. The van der Waals surface area contributed by atoms with E-state index in [1.54, 1.807) is 0 Å². The van der Waals surface area contributed by atoms with E-state index < -0.39 is 0 Å². The number of fused-ring (bicyclic) bond motifs is 4. The van der Waals surface area contributed by atoms with Crippen molar-refractivity contribution < 1.29 is 9.53 Å². The lowest BCUT2D eigenvalue weighted by molar-refractivity contribution is -0.143. The largest absolute Gasteiger partial charge is 0.466 e. The maximum absolute atomic E-state index is 11.8. The fourth-order valence-corrected chi connectivity index (χ4v) is 3.05. The summed E-state index contributed by atoms with van der Waals surface area (Å²) in [7, 11) is 0. The third-order valence-corrected chi connectivity index (χ3v) is 4.10. The number of hydrogen-bond acceptors (Lipinski definition) is 4. The van der Waals surface area contributed by atoms with E-state index in [4.69, 9.17) is 14.7 Å². The van der Waals surface area contributed by atoms with Crippen LogP contribution in [0.3, 0.4) is 0 Å². The van der Waals surface area contributed by atoms with Crippen molar-refractivity contribution in [2.45, 2.75) is 19.9 Å². The molecule has 2 aromatic heterocycles. The number of nitrogens with zero attached hydrogens (tertiary/aromatic N) is 3. The number of para-hydroxylation sites is 3. The second-order valence-corrected chi connectivity index (χ2v) is 5.61. The van der Waals surface area contributed by atoms with Gasteiger partial charge in [0.15, 0.2) is 5.65 Å². The van der Waals surface area contributed by atoms with Gasteiger partial charge in [0.05, 0.1) is 29.6 Å². The number of esters is 1. The smallest absolute Gasteiger partial charge is 0.307 e. The Labute approximate surface area is 138 Å². The molecule has 2 heterocycles. The summed E-state index contributed by atoms with van der Waals surface area (Å²) in [6, 6.07) is 15.9. The minimum atomic E-state index is -0.197. The Bertz CT molecular complexity index is 1050. The highest BCUT2D eigenvalue weighted by Gasteiger charge is 2.15. The van der Waals surface area contributed by atoms with Crippen LogP contribution >= 0.6 is 0 Å². The molecule has 0 unspecified atom stereocenters. The van der Waals surface area contributed by atoms with E-state index in [2.05, 4.69) is 4.57 Å². The molecule has 120 valence electrons. The van der Waals surface area contributed by atoms with Gasteiger partial charge in [-0.25, -0.2) is 9.97 Å². The van der Waals surface area contributed by atoms with E-state index in [9.17, 15) is 4.79 Å². The zero-order valence-electron chi connectivity index (χ0n) is 13.4. The Balaban J connectivity index is 1.91. The lowest BCUT2D eigenvalue weighted by atomic mass is 10.2. The van der Waals surface area contributed by atoms with Gasteiger partial charge in [0.1, 0.15) is 5.52 Å². The summed E-state index contributed by atoms with van der Waals surface area (Å²) >= 11 is 0. The zero-order valence-corrected chi connectivity index (χ0v) is 13.4. The van der Waals surface area contributed by atoms with Crippen LogP contribution in [0.5, 0.6) is 0 Å². The maximum atomic E-state index is 11.8. The van der Waals surface area contributed by atoms with Gasteiger partial charge in [-0.15, -0.1) is 0 Å². The molecule has 2 aromatic carbocycles. The molecular weight excluding hydrogens is 302 g/mol. The molecule has 0 saturated carbocycles. The van der Waals surface area contributed by atoms with Crippen LogP contribution < -0.4 is 0 Å². The summed E-state index contributed by atoms with van der Waals surface area (Å²) in [5.41, 5.74) is 4.43. The van der Waals surface area contributed by atoms with Crippen LogP contribution in [0.2, 0.25) is 0 Å². The summed E-state index contributed by atoms with van der Waals surface area (Å²) in [6.45, 7) is 2.74. The number of carbonyl (C=O) groups is 1. The zero-order chi connectivity index (χ0) is 16.5. The van der Waals surface area contributed by atoms with Crippen molar-refractivity contribution in [2.24, 2.45) is 0 Å². The van der Waals surface area contributed by atoms with Crippen LogP contribution in [-0.4, -0.2) is 27.1 Å². The molecule has 4 aromatic rings. The Hall–Kier alpha value is -2.95. The van der Waals surface area contributed by atoms with E-state index in [-0.39, 0.29) is 5.97 Å². The predicted octanol–water partition coefficient (Wildman–Crippen LogP) is 3.69. The van der Waals surface area contributed by atoms with Crippen molar-refractivity contribution in [1.29, 1.82) is 0 Å². The van der Waals surface area contributed by atoms with Crippen LogP contribution in [-0.2, 0) is 16.1 Å². The maximum Gasteiger partial charge on any atom is 0.307 e. The lowest BCUT2D eigenvalue weighted by Gasteiger charge is -2.06. The first kappa shape index (κ1) is 14.6. The summed E-state index contributed by atoms with van der Waals surface area (Å²) in [5.74, 6) is -0.197. The molecule has 0 N–H and O–H groups in total. The highest BCUT2D eigenvalue weighted by molar-refractivity contribution is 6.06. The van der Waals surface area contributed by atoms with Crippen molar-refractivity contribution in [3.8, 4) is 0 Å². The Kier molecular flexibility index (Phi) is 3.61. The molecule has 0 aliphatic carbocycles. The van der Waals surface area contributed by atoms with Crippen LogP contribution in [0.15, 0.2) is 48.5 Å². The second-order valence-electron chi connectivity index (χ2n) is 5.61. The standard InChI is InChI=1S/C19H17N3O2/c1-2-24-17(23)11-12-22-16-10-6-3-7-13(16)18-19(22)21-15-9-5-4-8-14(15)20-18/h3-10H,2,11-12H2,1H3. The predicted molar refractivity (Wildman–Crippen MR) is 93.8 cm³/mol. The molecule has 0 atom stereocenters. The topological polar surface area (TPSA) is 57.0 Å². The number of hydrogen-bond donors (Lipinski definition) is 0. The van der Waals surface area contributed by atoms with Crippen molar-refractivity contribution in [3.63, 3.8) is 0 Å². The van der Waals surface area contributed by atoms with Crippen LogP contribution in [0, 0.1) is 0 Å². The molecule has 0 saturated heterocycles. The molecule has 4 rings (SSSR count). The summed E-state index contributed by atoms with van der Waals surface area (Å²) in [6.07, 6.45) is 0.316. The average molecular weight is 319 g/mol. The molecular formula is C19H17N3O2. The number of aromatic nitrogens is 3. The molecule has 0 radical (unpaired) electrons. The van der Waals surface area contributed by atoms with Gasteiger partial charge in [-0.05, 0) is 25.1 Å². The van der Waals surface area contributed by atoms with Gasteiger partial charge in [-0.2, -0.15) is 0 Å². The monoisotopic (exact) mass is 319 g/mol. The van der Waals surface area contributed by atoms with Gasteiger partial charge >= 0.3 is 5.97 Å². The number of ether oxygens (including phenoxy) is 1. The van der Waals surface area contributed by atoms with Gasteiger partial charge in [-0.1, -0.05) is 30.3 Å². The van der Waals surface area contributed by atoms with Crippen LogP contribution in [0.4, 0.5) is 0 Å². The second kappa shape index (κ2) is 5.92. The fraction of sp³-hybridized carbons (Fsp3) is 0.211. The normalized spacial score (nSPS) is 11.4. The average Bonchev–Trinajstić information content (AvgIpc) is 2.91. The van der Waals surface area contributed by atoms with Gasteiger partial charge in [0.25, 0.3) is 0 Å². The number of rotatable bonds is 4. The van der Waals surface area contributed by atoms with Gasteiger partial charge < -0.3 is 9.30 Å². The number of aryl methyl sites for hydroxylation is 1. The van der Waals surface area contributed by atoms with Crippen molar-refractivity contribution >= 4 is 39.1 Å². The Morgan fingerprint density at radius 2 is 1.75 bits per heavy atom. The quantitative estimate of drug-likeness (QED) is 0.538. The highest BCUT2D eigenvalue weighted by atomic mass is 16.5. The third-order valence-electron chi connectivity index (χ3n) is 4.10. The molecule has 0 aliphatic rings. The minimum absolute atomic E-state index is 0.197. The van der Waals surface area contributed by atoms with E-state index in [0.717, 1.165) is 33.1 Å². The van der Waals surface area contributed by atoms with Crippen molar-refractivity contribution in [2.75, 3.05) is 6.61 Å². The van der Waals surface area contributed by atoms with Crippen LogP contribution in [0.1, 0.15) is 13.3 Å². The molecule has 5 nitrogen and oxygen atoms in total. The van der Waals surface area contributed by atoms with E-state index >= 15 is 0 Å². The van der Waals surface area contributed by atoms with E-state index in [0.29, 0.717) is 19.6 Å². The molecule has 0 spiro atoms. The molecule has 0 amide bonds. The Morgan fingerprint density at radius 1 is 1.04 bits per heavy atom. The fourth-order valence-electron chi connectivity index (χ4n) is 3.05. The molecule has 5 heteroatoms. The van der Waals surface area contributed by atoms with Gasteiger partial charge in [0, 0.05) is 11.9 Å². The first-order chi connectivity index (χ1) is 11.8. The highest BCUT2D eigenvalue weighted by Crippen LogP contribution is 2.28. The first-order valence-corrected chi connectivity index (χ1v) is 8.07.